The van der Waals surface area contributed by atoms with Crippen molar-refractivity contribution >= 4 is 23.4 Å². The van der Waals surface area contributed by atoms with Gasteiger partial charge in [-0.05, 0) is 50.0 Å². The summed E-state index contributed by atoms with van der Waals surface area (Å²) < 4.78 is 5.67. The van der Waals surface area contributed by atoms with Crippen LogP contribution in [0.15, 0.2) is 36.7 Å². The van der Waals surface area contributed by atoms with Crippen LogP contribution in [0.1, 0.15) is 27.7 Å². The predicted octanol–water partition coefficient (Wildman–Crippen LogP) is 1.49. The number of hydrogen-bond acceptors (Lipinski definition) is 4. The molecule has 1 aromatic carbocycles. The van der Waals surface area contributed by atoms with E-state index in [0.29, 0.717) is 5.46 Å². The number of rotatable bonds is 4. The van der Waals surface area contributed by atoms with Gasteiger partial charge in [0.15, 0.2) is 0 Å². The summed E-state index contributed by atoms with van der Waals surface area (Å²) in [6, 6.07) is 7.50. The van der Waals surface area contributed by atoms with E-state index in [1.807, 2.05) is 18.2 Å². The Bertz CT molecular complexity index is 602. The van der Waals surface area contributed by atoms with Crippen molar-refractivity contribution in [1.82, 2.24) is 4.98 Å². The second kappa shape index (κ2) is 5.16. The molecule has 2 rings (SSSR count). The summed E-state index contributed by atoms with van der Waals surface area (Å²) in [7, 11) is -1.12. The number of hydrogen-bond donors (Lipinski definition) is 2. The Labute approximate surface area is 119 Å². The first kappa shape index (κ1) is 15.0. The molecule has 0 saturated heterocycles. The Hall–Kier alpha value is -1.43. The van der Waals surface area contributed by atoms with Crippen molar-refractivity contribution in [3.05, 3.63) is 36.7 Å². The van der Waals surface area contributed by atoms with Crippen molar-refractivity contribution in [1.29, 1.82) is 0 Å². The molecule has 0 radical (unpaired) electrons. The Morgan fingerprint density at radius 3 is 2.50 bits per heavy atom. The van der Waals surface area contributed by atoms with Crippen LogP contribution in [0.3, 0.4) is 0 Å². The number of benzene rings is 1. The number of fused-ring (bicyclic) bond motifs is 1. The van der Waals surface area contributed by atoms with Gasteiger partial charge in [-0.2, -0.15) is 0 Å². The van der Waals surface area contributed by atoms with Crippen LogP contribution in [-0.2, 0) is 4.65 Å². The van der Waals surface area contributed by atoms with E-state index in [9.17, 15) is 10.1 Å². The van der Waals surface area contributed by atoms with Gasteiger partial charge in [0, 0.05) is 12.4 Å². The second-order valence-electron chi connectivity index (χ2n) is 5.98. The number of nitrogens with zero attached hydrogens (tertiary/aromatic N) is 1. The molecule has 0 aliphatic heterocycles. The van der Waals surface area contributed by atoms with Crippen molar-refractivity contribution in [3.63, 3.8) is 0 Å². The molecule has 20 heavy (non-hydrogen) atoms. The summed E-state index contributed by atoms with van der Waals surface area (Å²) in [6.07, 6.45) is 3.41. The van der Waals surface area contributed by atoms with Crippen LogP contribution in [0, 0.1) is 0 Å². The SMILES string of the molecule is CC(C)(O)C(C)(C)OB(O)c1cccc2ccncc12. The van der Waals surface area contributed by atoms with Gasteiger partial charge in [0.2, 0.25) is 0 Å². The summed E-state index contributed by atoms with van der Waals surface area (Å²) in [5, 5.41) is 22.3. The third-order valence-electron chi connectivity index (χ3n) is 3.86. The van der Waals surface area contributed by atoms with Gasteiger partial charge >= 0.3 is 7.12 Å². The Morgan fingerprint density at radius 1 is 1.15 bits per heavy atom. The average Bonchev–Trinajstić information content (AvgIpc) is 2.36. The van der Waals surface area contributed by atoms with Crippen molar-refractivity contribution in [3.8, 4) is 0 Å². The fourth-order valence-corrected chi connectivity index (χ4v) is 1.84. The van der Waals surface area contributed by atoms with E-state index < -0.39 is 18.3 Å². The second-order valence-corrected chi connectivity index (χ2v) is 5.98. The van der Waals surface area contributed by atoms with Crippen molar-refractivity contribution in [2.45, 2.75) is 38.9 Å². The first-order valence-corrected chi connectivity index (χ1v) is 6.63. The van der Waals surface area contributed by atoms with Crippen LogP contribution in [-0.4, -0.2) is 33.4 Å². The average molecular weight is 273 g/mol. The van der Waals surface area contributed by atoms with Gasteiger partial charge in [0.05, 0.1) is 11.2 Å². The van der Waals surface area contributed by atoms with Crippen LogP contribution in [0.25, 0.3) is 10.8 Å². The topological polar surface area (TPSA) is 62.6 Å². The molecule has 106 valence electrons. The molecule has 2 N–H and O–H groups in total. The van der Waals surface area contributed by atoms with E-state index in [0.717, 1.165) is 10.8 Å². The predicted molar refractivity (Wildman–Crippen MR) is 80.8 cm³/mol. The summed E-state index contributed by atoms with van der Waals surface area (Å²) in [6.45, 7) is 6.81. The smallest absolute Gasteiger partial charge is 0.423 e. The number of aromatic nitrogens is 1. The zero-order valence-corrected chi connectivity index (χ0v) is 12.3. The molecule has 0 amide bonds. The highest BCUT2D eigenvalue weighted by molar-refractivity contribution is 6.63. The molecular formula is C15H20BNO3. The molecule has 0 aliphatic carbocycles. The van der Waals surface area contributed by atoms with E-state index in [1.165, 1.54) is 0 Å². The third-order valence-corrected chi connectivity index (χ3v) is 3.86. The number of aliphatic hydroxyl groups is 1. The quantitative estimate of drug-likeness (QED) is 0.828. The van der Waals surface area contributed by atoms with Gasteiger partial charge in [-0.15, -0.1) is 0 Å². The molecule has 5 heteroatoms. The highest BCUT2D eigenvalue weighted by Crippen LogP contribution is 2.25. The maximum atomic E-state index is 10.4. The largest absolute Gasteiger partial charge is 0.492 e. The van der Waals surface area contributed by atoms with Gasteiger partial charge in [-0.3, -0.25) is 4.98 Å². The van der Waals surface area contributed by atoms with Crippen molar-refractivity contribution < 1.29 is 14.8 Å². The molecule has 0 atom stereocenters. The van der Waals surface area contributed by atoms with E-state index in [-0.39, 0.29) is 0 Å². The highest BCUT2D eigenvalue weighted by atomic mass is 16.5. The first-order valence-electron chi connectivity index (χ1n) is 6.63. The van der Waals surface area contributed by atoms with Crippen LogP contribution < -0.4 is 5.46 Å². The molecule has 0 spiro atoms. The maximum Gasteiger partial charge on any atom is 0.492 e. The fourth-order valence-electron chi connectivity index (χ4n) is 1.84. The van der Waals surface area contributed by atoms with Gasteiger partial charge in [-0.1, -0.05) is 18.2 Å². The Balaban J connectivity index is 2.35. The minimum atomic E-state index is -1.12. The lowest BCUT2D eigenvalue weighted by Crippen LogP contribution is -2.53. The Kier molecular flexibility index (Phi) is 3.87. The zero-order chi connectivity index (χ0) is 15.0. The molecule has 0 bridgehead atoms. The molecule has 1 aromatic heterocycles. The summed E-state index contributed by atoms with van der Waals surface area (Å²) in [4.78, 5) is 4.09. The molecule has 0 unspecified atom stereocenters. The lowest BCUT2D eigenvalue weighted by atomic mass is 9.74. The van der Waals surface area contributed by atoms with Crippen LogP contribution in [0.4, 0.5) is 0 Å². The highest BCUT2D eigenvalue weighted by Gasteiger charge is 2.39. The first-order chi connectivity index (χ1) is 9.22. The molecule has 2 aromatic rings. The van der Waals surface area contributed by atoms with Crippen LogP contribution >= 0.6 is 0 Å². The van der Waals surface area contributed by atoms with E-state index in [4.69, 9.17) is 4.65 Å². The lowest BCUT2D eigenvalue weighted by molar-refractivity contribution is -0.0982. The molecule has 0 aliphatic rings. The molecule has 0 fully saturated rings. The molecular weight excluding hydrogens is 253 g/mol. The summed E-state index contributed by atoms with van der Waals surface area (Å²) >= 11 is 0. The third kappa shape index (κ3) is 2.85. The minimum absolute atomic E-state index is 0.646. The molecule has 0 saturated carbocycles. The van der Waals surface area contributed by atoms with Gasteiger partial charge < -0.3 is 14.8 Å². The van der Waals surface area contributed by atoms with Crippen molar-refractivity contribution in [2.24, 2.45) is 0 Å². The minimum Gasteiger partial charge on any atom is -0.423 e. The fraction of sp³-hybridized carbons (Fsp3) is 0.400. The summed E-state index contributed by atoms with van der Waals surface area (Å²) in [5.74, 6) is 0. The summed E-state index contributed by atoms with van der Waals surface area (Å²) in [5.41, 5.74) is -1.32. The van der Waals surface area contributed by atoms with Gasteiger partial charge in [0.1, 0.15) is 0 Å². The lowest BCUT2D eigenvalue weighted by Gasteiger charge is -2.38. The van der Waals surface area contributed by atoms with Gasteiger partial charge in [-0.25, -0.2) is 0 Å². The van der Waals surface area contributed by atoms with E-state index in [1.54, 1.807) is 46.2 Å². The molecule has 4 nitrogen and oxygen atoms in total. The van der Waals surface area contributed by atoms with Crippen LogP contribution in [0.2, 0.25) is 0 Å². The Morgan fingerprint density at radius 2 is 1.85 bits per heavy atom. The standard InChI is InChI=1S/C15H20BNO3/c1-14(2,18)15(3,4)20-16(19)13-7-5-6-11-8-9-17-10-12(11)13/h5-10,18-19H,1-4H3. The maximum absolute atomic E-state index is 10.4. The van der Waals surface area contributed by atoms with Gasteiger partial charge in [0.25, 0.3) is 0 Å². The van der Waals surface area contributed by atoms with E-state index >= 15 is 0 Å². The van der Waals surface area contributed by atoms with Crippen LogP contribution in [0.5, 0.6) is 0 Å². The zero-order valence-electron chi connectivity index (χ0n) is 12.3. The number of pyridine rings is 1. The monoisotopic (exact) mass is 273 g/mol. The van der Waals surface area contributed by atoms with E-state index in [2.05, 4.69) is 4.98 Å². The van der Waals surface area contributed by atoms with Crippen molar-refractivity contribution in [2.75, 3.05) is 0 Å². The molecule has 1 heterocycles. The normalized spacial score (nSPS) is 12.7.